The van der Waals surface area contributed by atoms with Gasteiger partial charge in [-0.2, -0.15) is 0 Å². The standard InChI is InChI=1S/C10H19N3O5/c1-2-13-3-4-17-8(6-13)5-11-10(16)12-18-7-9(14)15/h8H,2-7H2,1H3,(H,14,15)(H2,11,12,16). The summed E-state index contributed by atoms with van der Waals surface area (Å²) < 4.78 is 5.48. The fraction of sp³-hybridized carbons (Fsp3) is 0.800. The zero-order valence-corrected chi connectivity index (χ0v) is 10.3. The lowest BCUT2D eigenvalue weighted by Crippen LogP contribution is -2.49. The number of carboxylic acids is 1. The molecule has 0 bridgehead atoms. The van der Waals surface area contributed by atoms with Crippen LogP contribution in [-0.2, 0) is 14.4 Å². The minimum absolute atomic E-state index is 0.0519. The van der Waals surface area contributed by atoms with Gasteiger partial charge in [-0.05, 0) is 6.54 Å². The van der Waals surface area contributed by atoms with Gasteiger partial charge in [0, 0.05) is 19.6 Å². The van der Waals surface area contributed by atoms with E-state index in [4.69, 9.17) is 9.84 Å². The summed E-state index contributed by atoms with van der Waals surface area (Å²) in [6.45, 7) is 5.14. The van der Waals surface area contributed by atoms with Crippen LogP contribution in [0.3, 0.4) is 0 Å². The van der Waals surface area contributed by atoms with Crippen molar-refractivity contribution in [1.29, 1.82) is 0 Å². The van der Waals surface area contributed by atoms with Gasteiger partial charge in [0.1, 0.15) is 0 Å². The number of hydroxylamine groups is 1. The quantitative estimate of drug-likeness (QED) is 0.532. The molecule has 1 rings (SSSR count). The monoisotopic (exact) mass is 261 g/mol. The molecule has 104 valence electrons. The Balaban J connectivity index is 2.12. The highest BCUT2D eigenvalue weighted by molar-refractivity contribution is 5.73. The first-order chi connectivity index (χ1) is 8.61. The van der Waals surface area contributed by atoms with Crippen LogP contribution in [0, 0.1) is 0 Å². The highest BCUT2D eigenvalue weighted by Crippen LogP contribution is 2.03. The summed E-state index contributed by atoms with van der Waals surface area (Å²) in [6, 6.07) is -0.575. The highest BCUT2D eigenvalue weighted by Gasteiger charge is 2.19. The molecule has 2 amide bonds. The third-order valence-corrected chi connectivity index (χ3v) is 2.52. The number of carbonyl (C=O) groups excluding carboxylic acids is 1. The van der Waals surface area contributed by atoms with Gasteiger partial charge in [0.25, 0.3) is 0 Å². The Morgan fingerprint density at radius 3 is 3.00 bits per heavy atom. The van der Waals surface area contributed by atoms with E-state index in [1.807, 2.05) is 5.48 Å². The number of ether oxygens (including phenoxy) is 1. The maximum Gasteiger partial charge on any atom is 0.338 e. The first-order valence-electron chi connectivity index (χ1n) is 5.83. The zero-order chi connectivity index (χ0) is 13.4. The van der Waals surface area contributed by atoms with E-state index in [1.165, 1.54) is 0 Å². The van der Waals surface area contributed by atoms with Gasteiger partial charge >= 0.3 is 12.0 Å². The van der Waals surface area contributed by atoms with E-state index < -0.39 is 18.6 Å². The van der Waals surface area contributed by atoms with Crippen molar-refractivity contribution in [2.45, 2.75) is 13.0 Å². The lowest BCUT2D eigenvalue weighted by atomic mass is 10.2. The van der Waals surface area contributed by atoms with Crippen molar-refractivity contribution in [3.63, 3.8) is 0 Å². The second-order valence-electron chi connectivity index (χ2n) is 3.88. The average molecular weight is 261 g/mol. The van der Waals surface area contributed by atoms with Crippen LogP contribution in [0.5, 0.6) is 0 Å². The Morgan fingerprint density at radius 2 is 2.33 bits per heavy atom. The first-order valence-corrected chi connectivity index (χ1v) is 5.83. The largest absolute Gasteiger partial charge is 0.479 e. The van der Waals surface area contributed by atoms with Crippen LogP contribution in [0.1, 0.15) is 6.92 Å². The Labute approximate surface area is 105 Å². The molecule has 1 heterocycles. The summed E-state index contributed by atoms with van der Waals surface area (Å²) >= 11 is 0. The van der Waals surface area contributed by atoms with Crippen molar-refractivity contribution in [2.75, 3.05) is 39.4 Å². The van der Waals surface area contributed by atoms with Crippen LogP contribution in [0.2, 0.25) is 0 Å². The van der Waals surface area contributed by atoms with Crippen LogP contribution in [0.4, 0.5) is 4.79 Å². The van der Waals surface area contributed by atoms with Crippen LogP contribution >= 0.6 is 0 Å². The fourth-order valence-electron chi connectivity index (χ4n) is 1.60. The third kappa shape index (κ3) is 5.80. The van der Waals surface area contributed by atoms with E-state index in [1.54, 1.807) is 0 Å². The van der Waals surface area contributed by atoms with E-state index in [2.05, 4.69) is 22.0 Å². The lowest BCUT2D eigenvalue weighted by molar-refractivity contribution is -0.144. The van der Waals surface area contributed by atoms with Gasteiger partial charge in [-0.15, -0.1) is 0 Å². The van der Waals surface area contributed by atoms with Gasteiger partial charge in [0.15, 0.2) is 6.61 Å². The molecule has 0 aromatic carbocycles. The predicted molar refractivity (Wildman–Crippen MR) is 62.0 cm³/mol. The van der Waals surface area contributed by atoms with Crippen LogP contribution in [-0.4, -0.2) is 67.5 Å². The van der Waals surface area contributed by atoms with E-state index in [-0.39, 0.29) is 6.10 Å². The smallest absolute Gasteiger partial charge is 0.338 e. The fourth-order valence-corrected chi connectivity index (χ4v) is 1.60. The number of morpholine rings is 1. The molecule has 0 spiro atoms. The number of likely N-dealkylation sites (N-methyl/N-ethyl adjacent to an activating group) is 1. The van der Waals surface area contributed by atoms with Gasteiger partial charge in [0.2, 0.25) is 0 Å². The van der Waals surface area contributed by atoms with Crippen LogP contribution in [0.25, 0.3) is 0 Å². The molecule has 0 aliphatic carbocycles. The molecule has 0 saturated carbocycles. The van der Waals surface area contributed by atoms with Crippen molar-refractivity contribution in [2.24, 2.45) is 0 Å². The lowest BCUT2D eigenvalue weighted by Gasteiger charge is -2.32. The number of rotatable bonds is 6. The molecular weight excluding hydrogens is 242 g/mol. The number of nitrogens with one attached hydrogen (secondary N) is 2. The Morgan fingerprint density at radius 1 is 1.56 bits per heavy atom. The van der Waals surface area contributed by atoms with Gasteiger partial charge in [-0.25, -0.2) is 15.1 Å². The number of nitrogens with zero attached hydrogens (tertiary/aromatic N) is 1. The number of carboxylic acid groups (broad SMARTS) is 1. The Bertz CT molecular complexity index is 287. The molecule has 18 heavy (non-hydrogen) atoms. The van der Waals surface area contributed by atoms with Gasteiger partial charge in [-0.3, -0.25) is 9.74 Å². The summed E-state index contributed by atoms with van der Waals surface area (Å²) in [5.41, 5.74) is 1.98. The van der Waals surface area contributed by atoms with Gasteiger partial charge in [-0.1, -0.05) is 6.92 Å². The summed E-state index contributed by atoms with van der Waals surface area (Å²) in [5.74, 6) is -1.15. The SMILES string of the molecule is CCN1CCOC(CNC(=O)NOCC(=O)O)C1. The van der Waals surface area contributed by atoms with Gasteiger partial charge < -0.3 is 15.2 Å². The van der Waals surface area contributed by atoms with Gasteiger partial charge in [0.05, 0.1) is 12.7 Å². The summed E-state index contributed by atoms with van der Waals surface area (Å²) in [6.07, 6.45) is -0.0519. The zero-order valence-electron chi connectivity index (χ0n) is 10.3. The molecule has 0 aromatic heterocycles. The minimum Gasteiger partial charge on any atom is -0.479 e. The van der Waals surface area contributed by atoms with E-state index >= 15 is 0 Å². The highest BCUT2D eigenvalue weighted by atomic mass is 16.7. The summed E-state index contributed by atoms with van der Waals surface area (Å²) in [5, 5.41) is 10.8. The number of hydrogen-bond donors (Lipinski definition) is 3. The molecule has 8 nitrogen and oxygen atoms in total. The minimum atomic E-state index is -1.15. The molecule has 1 saturated heterocycles. The molecule has 1 unspecified atom stereocenters. The molecule has 3 N–H and O–H groups in total. The number of carbonyl (C=O) groups is 2. The molecule has 1 atom stereocenters. The maximum atomic E-state index is 11.2. The normalized spacial score (nSPS) is 20.4. The second-order valence-corrected chi connectivity index (χ2v) is 3.88. The van der Waals surface area contributed by atoms with Crippen LogP contribution < -0.4 is 10.8 Å². The van der Waals surface area contributed by atoms with Crippen molar-refractivity contribution in [3.05, 3.63) is 0 Å². The second kappa shape index (κ2) is 7.85. The van der Waals surface area contributed by atoms with Crippen molar-refractivity contribution < 1.29 is 24.3 Å². The molecule has 0 aromatic rings. The number of aliphatic carboxylic acids is 1. The summed E-state index contributed by atoms with van der Waals surface area (Å²) in [4.78, 5) is 28.0. The average Bonchev–Trinajstić information content (AvgIpc) is 2.36. The van der Waals surface area contributed by atoms with E-state index in [0.717, 1.165) is 19.6 Å². The number of amides is 2. The van der Waals surface area contributed by atoms with E-state index in [9.17, 15) is 9.59 Å². The number of hydrogen-bond acceptors (Lipinski definition) is 5. The van der Waals surface area contributed by atoms with E-state index in [0.29, 0.717) is 13.2 Å². The maximum absolute atomic E-state index is 11.2. The molecule has 8 heteroatoms. The third-order valence-electron chi connectivity index (χ3n) is 2.52. The molecular formula is C10H19N3O5. The van der Waals surface area contributed by atoms with Crippen molar-refractivity contribution >= 4 is 12.0 Å². The summed E-state index contributed by atoms with van der Waals surface area (Å²) in [7, 11) is 0. The van der Waals surface area contributed by atoms with Crippen LogP contribution in [0.15, 0.2) is 0 Å². The molecule has 1 aliphatic rings. The predicted octanol–water partition coefficient (Wildman–Crippen LogP) is -0.977. The molecule has 1 fully saturated rings. The molecule has 1 aliphatic heterocycles. The number of urea groups is 1. The van der Waals surface area contributed by atoms with Crippen molar-refractivity contribution in [3.8, 4) is 0 Å². The Kier molecular flexibility index (Phi) is 6.40. The van der Waals surface area contributed by atoms with Crippen molar-refractivity contribution in [1.82, 2.24) is 15.7 Å². The topological polar surface area (TPSA) is 100 Å². The molecule has 0 radical (unpaired) electrons. The first kappa shape index (κ1) is 14.7. The Hall–Kier alpha value is -1.38.